The second-order valence-corrected chi connectivity index (χ2v) is 3.09. The Kier molecular flexibility index (Phi) is 4.37. The Balaban J connectivity index is 4.26. The highest BCUT2D eigenvalue weighted by molar-refractivity contribution is 5.97. The van der Waals surface area contributed by atoms with Crippen LogP contribution >= 0.6 is 0 Å². The molecular weight excluding hydrogens is 179 g/mol. The largest absolute Gasteiger partial charge is 0.480 e. The number of carboxylic acids is 2. The lowest BCUT2D eigenvalue weighted by Gasteiger charge is -2.18. The maximum atomic E-state index is 11.7. The summed E-state index contributed by atoms with van der Waals surface area (Å²) in [6, 6.07) is 0. The molecule has 0 radical (unpaired) electrons. The molecule has 0 heterocycles. The lowest BCUT2D eigenvalue weighted by molar-refractivity contribution is -0.163. The number of hydrogen-bond acceptors (Lipinski definition) is 2. The second-order valence-electron chi connectivity index (χ2n) is 3.09. The molecule has 0 saturated carbocycles. The molecule has 0 spiro atoms. The highest BCUT2D eigenvalue weighted by atomic mass is 19.1. The van der Waals surface area contributed by atoms with Crippen LogP contribution in [0.15, 0.2) is 0 Å². The van der Waals surface area contributed by atoms with Gasteiger partial charge in [0.25, 0.3) is 0 Å². The van der Waals surface area contributed by atoms with E-state index in [9.17, 15) is 14.0 Å². The molecule has 0 aromatic heterocycles. The van der Waals surface area contributed by atoms with Crippen LogP contribution in [0.5, 0.6) is 0 Å². The van der Waals surface area contributed by atoms with E-state index in [-0.39, 0.29) is 19.3 Å². The predicted octanol–water partition coefficient (Wildman–Crippen LogP) is 1.30. The first kappa shape index (κ1) is 11.9. The number of alkyl halides is 1. The number of carboxylic acid groups (broad SMARTS) is 2. The fraction of sp³-hybridized carbons (Fsp3) is 0.750. The molecule has 0 aliphatic carbocycles. The number of carbonyl (C=O) groups is 2. The standard InChI is InChI=1S/C8H13FO4/c1-8(6(10)11,7(12)13)4-2-3-5-9/h2-5H2,1H3,(H,10,11)(H,12,13). The summed E-state index contributed by atoms with van der Waals surface area (Å²) < 4.78 is 11.7. The summed E-state index contributed by atoms with van der Waals surface area (Å²) in [7, 11) is 0. The van der Waals surface area contributed by atoms with Crippen molar-refractivity contribution >= 4 is 11.9 Å². The van der Waals surface area contributed by atoms with E-state index >= 15 is 0 Å². The minimum Gasteiger partial charge on any atom is -0.480 e. The molecule has 5 heteroatoms. The smallest absolute Gasteiger partial charge is 0.320 e. The fourth-order valence-corrected chi connectivity index (χ4v) is 0.878. The van der Waals surface area contributed by atoms with Crippen molar-refractivity contribution in [1.29, 1.82) is 0 Å². The second kappa shape index (κ2) is 4.79. The van der Waals surface area contributed by atoms with E-state index < -0.39 is 24.0 Å². The van der Waals surface area contributed by atoms with Gasteiger partial charge in [-0.2, -0.15) is 0 Å². The Bertz CT molecular complexity index is 188. The van der Waals surface area contributed by atoms with E-state index in [0.717, 1.165) is 6.92 Å². The van der Waals surface area contributed by atoms with Gasteiger partial charge in [-0.3, -0.25) is 14.0 Å². The molecule has 0 atom stereocenters. The van der Waals surface area contributed by atoms with Crippen LogP contribution in [0.25, 0.3) is 0 Å². The van der Waals surface area contributed by atoms with Crippen molar-refractivity contribution in [3.63, 3.8) is 0 Å². The molecule has 0 bridgehead atoms. The molecule has 0 aromatic rings. The van der Waals surface area contributed by atoms with Crippen LogP contribution in [0.1, 0.15) is 26.2 Å². The zero-order chi connectivity index (χ0) is 10.5. The first-order valence-electron chi connectivity index (χ1n) is 3.98. The molecule has 0 amide bonds. The van der Waals surface area contributed by atoms with Crippen molar-refractivity contribution in [2.45, 2.75) is 26.2 Å². The highest BCUT2D eigenvalue weighted by Gasteiger charge is 2.40. The van der Waals surface area contributed by atoms with Crippen LogP contribution in [0.2, 0.25) is 0 Å². The van der Waals surface area contributed by atoms with Gasteiger partial charge in [0.2, 0.25) is 0 Å². The van der Waals surface area contributed by atoms with Crippen LogP contribution < -0.4 is 0 Å². The minimum atomic E-state index is -1.78. The quantitative estimate of drug-likeness (QED) is 0.491. The van der Waals surface area contributed by atoms with Gasteiger partial charge in [-0.15, -0.1) is 0 Å². The van der Waals surface area contributed by atoms with Gasteiger partial charge >= 0.3 is 11.9 Å². The number of hydrogen-bond donors (Lipinski definition) is 2. The Morgan fingerprint density at radius 1 is 1.23 bits per heavy atom. The molecule has 0 aliphatic heterocycles. The third kappa shape index (κ3) is 3.01. The highest BCUT2D eigenvalue weighted by Crippen LogP contribution is 2.24. The zero-order valence-electron chi connectivity index (χ0n) is 7.42. The molecule has 0 aliphatic rings. The van der Waals surface area contributed by atoms with Crippen molar-refractivity contribution in [1.82, 2.24) is 0 Å². The summed E-state index contributed by atoms with van der Waals surface area (Å²) in [5.41, 5.74) is -1.78. The molecule has 76 valence electrons. The average Bonchev–Trinajstić information content (AvgIpc) is 2.03. The molecular formula is C8H13FO4. The summed E-state index contributed by atoms with van der Waals surface area (Å²) in [6.45, 7) is 0.589. The van der Waals surface area contributed by atoms with Crippen LogP contribution in [-0.4, -0.2) is 28.8 Å². The predicted molar refractivity (Wildman–Crippen MR) is 43.2 cm³/mol. The van der Waals surface area contributed by atoms with Crippen molar-refractivity contribution in [2.75, 3.05) is 6.67 Å². The lowest BCUT2D eigenvalue weighted by Crippen LogP contribution is -2.36. The Hall–Kier alpha value is -1.13. The molecule has 2 N–H and O–H groups in total. The van der Waals surface area contributed by atoms with Crippen LogP contribution in [0.3, 0.4) is 0 Å². The lowest BCUT2D eigenvalue weighted by atomic mass is 9.85. The molecule has 0 saturated heterocycles. The third-order valence-electron chi connectivity index (χ3n) is 2.00. The van der Waals surface area contributed by atoms with Crippen LogP contribution in [-0.2, 0) is 9.59 Å². The molecule has 0 aromatic carbocycles. The molecule has 4 nitrogen and oxygen atoms in total. The van der Waals surface area contributed by atoms with Gasteiger partial charge in [0.15, 0.2) is 5.41 Å². The summed E-state index contributed by atoms with van der Waals surface area (Å²) in [6.07, 6.45) is 0.434. The third-order valence-corrected chi connectivity index (χ3v) is 2.00. The summed E-state index contributed by atoms with van der Waals surface area (Å²) in [5.74, 6) is -2.75. The number of halogens is 1. The average molecular weight is 192 g/mol. The monoisotopic (exact) mass is 192 g/mol. The summed E-state index contributed by atoms with van der Waals surface area (Å²) >= 11 is 0. The van der Waals surface area contributed by atoms with E-state index in [1.54, 1.807) is 0 Å². The van der Waals surface area contributed by atoms with Gasteiger partial charge in [0.1, 0.15) is 0 Å². The minimum absolute atomic E-state index is 0.0401. The van der Waals surface area contributed by atoms with Crippen molar-refractivity contribution in [3.8, 4) is 0 Å². The van der Waals surface area contributed by atoms with Crippen molar-refractivity contribution < 1.29 is 24.2 Å². The summed E-state index contributed by atoms with van der Waals surface area (Å²) in [4.78, 5) is 21.2. The Labute approximate surface area is 75.4 Å². The number of unbranched alkanes of at least 4 members (excludes halogenated alkanes) is 1. The normalized spacial score (nSPS) is 11.2. The SMILES string of the molecule is CC(CCCCF)(C(=O)O)C(=O)O. The van der Waals surface area contributed by atoms with E-state index in [1.165, 1.54) is 0 Å². The Morgan fingerprint density at radius 2 is 1.69 bits per heavy atom. The first-order valence-corrected chi connectivity index (χ1v) is 3.98. The van der Waals surface area contributed by atoms with E-state index in [2.05, 4.69) is 0 Å². The van der Waals surface area contributed by atoms with Crippen LogP contribution in [0, 0.1) is 5.41 Å². The molecule has 0 unspecified atom stereocenters. The van der Waals surface area contributed by atoms with Gasteiger partial charge in [0.05, 0.1) is 6.67 Å². The molecule has 0 rings (SSSR count). The van der Waals surface area contributed by atoms with Gasteiger partial charge in [-0.1, -0.05) is 0 Å². The van der Waals surface area contributed by atoms with Crippen LogP contribution in [0.4, 0.5) is 4.39 Å². The van der Waals surface area contributed by atoms with Gasteiger partial charge in [0, 0.05) is 0 Å². The van der Waals surface area contributed by atoms with E-state index in [1.807, 2.05) is 0 Å². The number of rotatable bonds is 6. The first-order chi connectivity index (χ1) is 5.95. The summed E-state index contributed by atoms with van der Waals surface area (Å²) in [5, 5.41) is 17.3. The van der Waals surface area contributed by atoms with Gasteiger partial charge in [-0.05, 0) is 26.2 Å². The van der Waals surface area contributed by atoms with Crippen molar-refractivity contribution in [2.24, 2.45) is 5.41 Å². The fourth-order valence-electron chi connectivity index (χ4n) is 0.878. The van der Waals surface area contributed by atoms with Gasteiger partial charge < -0.3 is 10.2 Å². The van der Waals surface area contributed by atoms with E-state index in [4.69, 9.17) is 10.2 Å². The van der Waals surface area contributed by atoms with Crippen molar-refractivity contribution in [3.05, 3.63) is 0 Å². The molecule has 13 heavy (non-hydrogen) atoms. The topological polar surface area (TPSA) is 74.6 Å². The van der Waals surface area contributed by atoms with E-state index in [0.29, 0.717) is 0 Å². The van der Waals surface area contributed by atoms with Gasteiger partial charge in [-0.25, -0.2) is 0 Å². The molecule has 0 fully saturated rings. The zero-order valence-corrected chi connectivity index (χ0v) is 7.42. The Morgan fingerprint density at radius 3 is 2.00 bits per heavy atom. The maximum Gasteiger partial charge on any atom is 0.320 e. The number of aliphatic carboxylic acids is 2. The maximum absolute atomic E-state index is 11.7.